The van der Waals surface area contributed by atoms with Crippen LogP contribution in [0.4, 0.5) is 0 Å². The highest BCUT2D eigenvalue weighted by Gasteiger charge is 2.02. The summed E-state index contributed by atoms with van der Waals surface area (Å²) in [7, 11) is 5.10. The largest absolute Gasteiger partial charge is 0.463 e. The maximum Gasteiger partial charge on any atom is 0.332 e. The fourth-order valence-corrected chi connectivity index (χ4v) is 0.316. The van der Waals surface area contributed by atoms with Gasteiger partial charge in [-0.2, -0.15) is 0 Å². The van der Waals surface area contributed by atoms with E-state index >= 15 is 0 Å². The molecule has 0 saturated carbocycles. The molecular weight excluding hydrogens is 115 g/mol. The Kier molecular flexibility index (Phi) is 3.85. The molecule has 0 amide bonds. The smallest absolute Gasteiger partial charge is 0.332 e. The van der Waals surface area contributed by atoms with Crippen molar-refractivity contribution in [2.24, 2.45) is 0 Å². The molecule has 2 nitrogen and oxygen atoms in total. The number of esters is 1. The van der Waals surface area contributed by atoms with E-state index in [4.69, 9.17) is 7.85 Å². The lowest BCUT2D eigenvalue weighted by molar-refractivity contribution is -0.138. The van der Waals surface area contributed by atoms with Gasteiger partial charge in [-0.15, -0.1) is 0 Å². The van der Waals surface area contributed by atoms with E-state index in [1.54, 1.807) is 6.92 Å². The maximum absolute atomic E-state index is 10.6. The third-order valence-corrected chi connectivity index (χ3v) is 0.811. The summed E-state index contributed by atoms with van der Waals surface area (Å²) < 4.78 is 4.58. The van der Waals surface area contributed by atoms with Gasteiger partial charge in [0.05, 0.1) is 14.5 Å². The minimum atomic E-state index is -0.403. The standard InChI is InChI=1S/C6H9BO2/c1-3-9-6(8)5(2)4-7/h2-4H2,1H3. The first kappa shape index (κ1) is 8.27. The summed E-state index contributed by atoms with van der Waals surface area (Å²) >= 11 is 0. The summed E-state index contributed by atoms with van der Waals surface area (Å²) in [5.74, 6) is -0.403. The molecule has 0 unspecified atom stereocenters. The quantitative estimate of drug-likeness (QED) is 0.314. The van der Waals surface area contributed by atoms with Gasteiger partial charge in [-0.25, -0.2) is 4.79 Å². The minimum absolute atomic E-state index is 0.166. The van der Waals surface area contributed by atoms with E-state index < -0.39 is 5.97 Å². The lowest BCUT2D eigenvalue weighted by Gasteiger charge is -2.00. The molecule has 0 aliphatic heterocycles. The third-order valence-electron chi connectivity index (χ3n) is 0.811. The monoisotopic (exact) mass is 124 g/mol. The van der Waals surface area contributed by atoms with Crippen LogP contribution in [0.3, 0.4) is 0 Å². The van der Waals surface area contributed by atoms with Crippen molar-refractivity contribution in [3.63, 3.8) is 0 Å². The molecule has 0 bridgehead atoms. The van der Waals surface area contributed by atoms with Crippen LogP contribution in [0.25, 0.3) is 0 Å². The van der Waals surface area contributed by atoms with Crippen LogP contribution in [0.15, 0.2) is 12.2 Å². The number of ether oxygens (including phenoxy) is 1. The summed E-state index contributed by atoms with van der Waals surface area (Å²) in [6, 6.07) is 0. The van der Waals surface area contributed by atoms with E-state index in [1.807, 2.05) is 0 Å². The molecule has 0 N–H and O–H groups in total. The van der Waals surface area contributed by atoms with E-state index in [1.165, 1.54) is 0 Å². The average Bonchev–Trinajstić information content (AvgIpc) is 1.87. The molecule has 0 aromatic heterocycles. The Morgan fingerprint density at radius 2 is 2.33 bits per heavy atom. The fraction of sp³-hybridized carbons (Fsp3) is 0.500. The Morgan fingerprint density at radius 1 is 1.78 bits per heavy atom. The predicted molar refractivity (Wildman–Crippen MR) is 36.3 cm³/mol. The van der Waals surface area contributed by atoms with E-state index in [2.05, 4.69) is 11.3 Å². The molecule has 0 fully saturated rings. The van der Waals surface area contributed by atoms with Gasteiger partial charge >= 0.3 is 5.97 Å². The Bertz CT molecular complexity index is 120. The average molecular weight is 124 g/mol. The molecule has 48 valence electrons. The zero-order valence-electron chi connectivity index (χ0n) is 5.52. The molecule has 0 saturated heterocycles. The lowest BCUT2D eigenvalue weighted by atomic mass is 9.98. The summed E-state index contributed by atoms with van der Waals surface area (Å²) in [4.78, 5) is 10.6. The van der Waals surface area contributed by atoms with Gasteiger partial charge in [0.15, 0.2) is 0 Å². The van der Waals surface area contributed by atoms with Gasteiger partial charge in [0.1, 0.15) is 0 Å². The summed E-state index contributed by atoms with van der Waals surface area (Å²) in [5.41, 5.74) is 0.317. The van der Waals surface area contributed by atoms with Crippen LogP contribution < -0.4 is 0 Å². The molecule has 0 spiro atoms. The molecule has 0 aliphatic carbocycles. The van der Waals surface area contributed by atoms with Gasteiger partial charge in [-0.1, -0.05) is 12.9 Å². The first-order chi connectivity index (χ1) is 4.22. The first-order valence-electron chi connectivity index (χ1n) is 2.77. The fourth-order valence-electron chi connectivity index (χ4n) is 0.316. The van der Waals surface area contributed by atoms with Crippen molar-refractivity contribution in [3.8, 4) is 0 Å². The Morgan fingerprint density at radius 3 is 2.67 bits per heavy atom. The van der Waals surface area contributed by atoms with Crippen LogP contribution in [0.5, 0.6) is 0 Å². The van der Waals surface area contributed by atoms with Crippen molar-refractivity contribution in [1.82, 2.24) is 0 Å². The topological polar surface area (TPSA) is 26.3 Å². The van der Waals surface area contributed by atoms with E-state index in [0.29, 0.717) is 12.2 Å². The van der Waals surface area contributed by atoms with E-state index in [-0.39, 0.29) is 6.32 Å². The first-order valence-corrected chi connectivity index (χ1v) is 2.77. The van der Waals surface area contributed by atoms with Crippen molar-refractivity contribution in [1.29, 1.82) is 0 Å². The Balaban J connectivity index is 3.60. The number of hydrogen-bond donors (Lipinski definition) is 0. The predicted octanol–water partition coefficient (Wildman–Crippen LogP) is 0.692. The molecule has 0 heterocycles. The molecular formula is C6H9BO2. The normalized spacial score (nSPS) is 8.56. The van der Waals surface area contributed by atoms with E-state index in [0.717, 1.165) is 0 Å². The summed E-state index contributed by atoms with van der Waals surface area (Å²) in [5, 5.41) is 0. The molecule has 0 aromatic carbocycles. The minimum Gasteiger partial charge on any atom is -0.463 e. The van der Waals surface area contributed by atoms with Crippen molar-refractivity contribution < 1.29 is 9.53 Å². The Labute approximate surface area is 56.3 Å². The number of carbonyl (C=O) groups excluding carboxylic acids is 1. The highest BCUT2D eigenvalue weighted by molar-refractivity contribution is 6.14. The maximum atomic E-state index is 10.6. The van der Waals surface area contributed by atoms with Crippen molar-refractivity contribution in [2.45, 2.75) is 13.2 Å². The van der Waals surface area contributed by atoms with Crippen LogP contribution in [0.1, 0.15) is 6.92 Å². The van der Waals surface area contributed by atoms with Gasteiger partial charge in [0.25, 0.3) is 0 Å². The molecule has 0 aliphatic rings. The van der Waals surface area contributed by atoms with Gasteiger partial charge in [-0.05, 0) is 6.92 Å². The van der Waals surface area contributed by atoms with Crippen molar-refractivity contribution >= 4 is 13.8 Å². The molecule has 0 atom stereocenters. The van der Waals surface area contributed by atoms with Crippen LogP contribution in [-0.2, 0) is 9.53 Å². The van der Waals surface area contributed by atoms with Crippen LogP contribution in [-0.4, -0.2) is 20.4 Å². The number of hydrogen-bond acceptors (Lipinski definition) is 2. The highest BCUT2D eigenvalue weighted by atomic mass is 16.5. The van der Waals surface area contributed by atoms with Gasteiger partial charge in [-0.3, -0.25) is 0 Å². The molecule has 0 rings (SSSR count). The second-order valence-corrected chi connectivity index (χ2v) is 1.53. The highest BCUT2D eigenvalue weighted by Crippen LogP contribution is 1.97. The second kappa shape index (κ2) is 4.18. The summed E-state index contributed by atoms with van der Waals surface area (Å²) in [6.45, 7) is 5.50. The SMILES string of the molecule is [B]CC(=C)C(=O)OCC. The van der Waals surface area contributed by atoms with Crippen LogP contribution in [0.2, 0.25) is 6.32 Å². The van der Waals surface area contributed by atoms with Crippen LogP contribution in [0, 0.1) is 0 Å². The number of carbonyl (C=O) groups is 1. The second-order valence-electron chi connectivity index (χ2n) is 1.53. The summed E-state index contributed by atoms with van der Waals surface area (Å²) in [6.07, 6.45) is 0.166. The molecule has 9 heavy (non-hydrogen) atoms. The van der Waals surface area contributed by atoms with Crippen molar-refractivity contribution in [3.05, 3.63) is 12.2 Å². The van der Waals surface area contributed by atoms with Gasteiger partial charge < -0.3 is 4.74 Å². The van der Waals surface area contributed by atoms with E-state index in [9.17, 15) is 4.79 Å². The molecule has 0 aromatic rings. The molecule has 2 radical (unpaired) electrons. The lowest BCUT2D eigenvalue weighted by Crippen LogP contribution is -2.05. The zero-order valence-corrected chi connectivity index (χ0v) is 5.52. The van der Waals surface area contributed by atoms with Crippen molar-refractivity contribution in [2.75, 3.05) is 6.61 Å². The van der Waals surface area contributed by atoms with Gasteiger partial charge in [0, 0.05) is 5.57 Å². The number of rotatable bonds is 3. The van der Waals surface area contributed by atoms with Crippen LogP contribution >= 0.6 is 0 Å². The van der Waals surface area contributed by atoms with Gasteiger partial charge in [0.2, 0.25) is 0 Å². The third kappa shape index (κ3) is 2.96. The zero-order chi connectivity index (χ0) is 7.28. The Hall–Kier alpha value is -0.725. The molecule has 3 heteroatoms.